The zero-order valence-corrected chi connectivity index (χ0v) is 17.1. The molecule has 1 N–H and O–H groups in total. The molecule has 0 bridgehead atoms. The van der Waals surface area contributed by atoms with Crippen LogP contribution in [0.3, 0.4) is 0 Å². The van der Waals surface area contributed by atoms with Gasteiger partial charge in [0.05, 0.1) is 10.9 Å². The third kappa shape index (κ3) is 3.34. The number of nitrogens with one attached hydrogen (secondary N) is 1. The summed E-state index contributed by atoms with van der Waals surface area (Å²) in [5, 5.41) is 11.8. The Kier molecular flexibility index (Phi) is 4.72. The predicted molar refractivity (Wildman–Crippen MR) is 115 cm³/mol. The first-order chi connectivity index (χ1) is 14.6. The van der Waals surface area contributed by atoms with Gasteiger partial charge in [-0.25, -0.2) is 0 Å². The number of hydrogen-bond acceptors (Lipinski definition) is 6. The zero-order chi connectivity index (χ0) is 20.7. The quantitative estimate of drug-likeness (QED) is 0.498. The number of benzene rings is 2. The number of aromatic nitrogens is 2. The molecule has 5 rings (SSSR count). The molecule has 3 heterocycles. The van der Waals surface area contributed by atoms with Crippen molar-refractivity contribution in [3.63, 3.8) is 0 Å². The maximum Gasteiger partial charge on any atom is 0.322 e. The number of para-hydroxylation sites is 1. The Morgan fingerprint density at radius 1 is 1.13 bits per heavy atom. The van der Waals surface area contributed by atoms with Crippen molar-refractivity contribution in [3.8, 4) is 0 Å². The van der Waals surface area contributed by atoms with E-state index in [0.717, 1.165) is 15.8 Å². The molecule has 1 unspecified atom stereocenters. The number of rotatable bonds is 4. The number of nitrogens with zero attached hydrogens (tertiary/aromatic N) is 3. The lowest BCUT2D eigenvalue weighted by Crippen LogP contribution is -2.24. The standard InChI is InChI=1S/C21H15ClN4O3S/c22-17-14-8-4-5-9-15(14)30-18(17)19(28)23-21-25-24-20(29-21)12-10-16(27)26(11-12)13-6-2-1-3-7-13/h1-9,12H,10-11H2,(H,23,25,28). The highest BCUT2D eigenvalue weighted by Crippen LogP contribution is 2.36. The van der Waals surface area contributed by atoms with Gasteiger partial charge in [0.2, 0.25) is 11.8 Å². The van der Waals surface area contributed by atoms with Crippen molar-refractivity contribution in [3.05, 3.63) is 70.4 Å². The zero-order valence-electron chi connectivity index (χ0n) is 15.5. The third-order valence-corrected chi connectivity index (χ3v) is 6.62. The van der Waals surface area contributed by atoms with Crippen LogP contribution in [0.15, 0.2) is 59.0 Å². The van der Waals surface area contributed by atoms with Crippen LogP contribution < -0.4 is 10.2 Å². The predicted octanol–water partition coefficient (Wildman–Crippen LogP) is 4.71. The van der Waals surface area contributed by atoms with Gasteiger partial charge in [0, 0.05) is 28.7 Å². The molecule has 1 saturated heterocycles. The molecular weight excluding hydrogens is 424 g/mol. The summed E-state index contributed by atoms with van der Waals surface area (Å²) in [7, 11) is 0. The lowest BCUT2D eigenvalue weighted by molar-refractivity contribution is -0.117. The van der Waals surface area contributed by atoms with Crippen molar-refractivity contribution in [2.24, 2.45) is 0 Å². The smallest absolute Gasteiger partial charge is 0.322 e. The van der Waals surface area contributed by atoms with Gasteiger partial charge < -0.3 is 9.32 Å². The van der Waals surface area contributed by atoms with E-state index in [4.69, 9.17) is 16.0 Å². The molecule has 0 radical (unpaired) electrons. The Morgan fingerprint density at radius 2 is 1.90 bits per heavy atom. The first-order valence-corrected chi connectivity index (χ1v) is 10.5. The number of anilines is 2. The maximum absolute atomic E-state index is 12.6. The lowest BCUT2D eigenvalue weighted by atomic mass is 10.1. The second kappa shape index (κ2) is 7.55. The van der Waals surface area contributed by atoms with E-state index in [1.54, 1.807) is 4.90 Å². The molecule has 30 heavy (non-hydrogen) atoms. The van der Waals surface area contributed by atoms with E-state index < -0.39 is 5.91 Å². The fourth-order valence-electron chi connectivity index (χ4n) is 3.49. The van der Waals surface area contributed by atoms with E-state index in [1.165, 1.54) is 11.3 Å². The highest BCUT2D eigenvalue weighted by atomic mass is 35.5. The molecule has 1 aliphatic heterocycles. The summed E-state index contributed by atoms with van der Waals surface area (Å²) in [5.74, 6) is -0.333. The number of carbonyl (C=O) groups excluding carboxylic acids is 2. The van der Waals surface area contributed by atoms with Crippen LogP contribution in [-0.4, -0.2) is 28.6 Å². The van der Waals surface area contributed by atoms with Crippen LogP contribution in [0.1, 0.15) is 27.9 Å². The SMILES string of the molecule is O=C(Nc1nnc(C2CC(=O)N(c3ccccc3)C2)o1)c1sc2ccccc2c1Cl. The van der Waals surface area contributed by atoms with Gasteiger partial charge in [0.1, 0.15) is 4.88 Å². The van der Waals surface area contributed by atoms with Crippen LogP contribution in [0.2, 0.25) is 5.02 Å². The van der Waals surface area contributed by atoms with Crippen LogP contribution in [0.5, 0.6) is 0 Å². The first-order valence-electron chi connectivity index (χ1n) is 9.27. The molecule has 2 aromatic carbocycles. The number of fused-ring (bicyclic) bond motifs is 1. The largest absolute Gasteiger partial charge is 0.407 e. The molecule has 150 valence electrons. The van der Waals surface area contributed by atoms with Crippen molar-refractivity contribution in [1.29, 1.82) is 0 Å². The van der Waals surface area contributed by atoms with Gasteiger partial charge >= 0.3 is 6.01 Å². The Bertz CT molecular complexity index is 1250. The molecule has 9 heteroatoms. The number of thiophene rings is 1. The minimum absolute atomic E-state index is 0.00737. The van der Waals surface area contributed by atoms with Gasteiger partial charge in [-0.05, 0) is 18.2 Å². The Morgan fingerprint density at radius 3 is 2.70 bits per heavy atom. The van der Waals surface area contributed by atoms with Crippen LogP contribution >= 0.6 is 22.9 Å². The normalized spacial score (nSPS) is 16.4. The van der Waals surface area contributed by atoms with Gasteiger partial charge in [-0.2, -0.15) is 0 Å². The minimum Gasteiger partial charge on any atom is -0.407 e. The average Bonchev–Trinajstić information content (AvgIpc) is 3.46. The molecular formula is C21H15ClN4O3S. The molecule has 7 nitrogen and oxygen atoms in total. The fraction of sp³-hybridized carbons (Fsp3) is 0.143. The van der Waals surface area contributed by atoms with Crippen molar-refractivity contribution in [2.75, 3.05) is 16.8 Å². The highest BCUT2D eigenvalue weighted by molar-refractivity contribution is 7.21. The molecule has 1 atom stereocenters. The van der Waals surface area contributed by atoms with Crippen LogP contribution in [0, 0.1) is 0 Å². The number of halogens is 1. The van der Waals surface area contributed by atoms with Crippen molar-refractivity contribution in [2.45, 2.75) is 12.3 Å². The van der Waals surface area contributed by atoms with E-state index in [0.29, 0.717) is 22.3 Å². The molecule has 2 aromatic heterocycles. The van der Waals surface area contributed by atoms with Crippen LogP contribution in [-0.2, 0) is 4.79 Å². The highest BCUT2D eigenvalue weighted by Gasteiger charge is 2.35. The van der Waals surface area contributed by atoms with E-state index in [-0.39, 0.29) is 24.3 Å². The van der Waals surface area contributed by atoms with Gasteiger partial charge in [-0.3, -0.25) is 14.9 Å². The molecule has 2 amide bonds. The Labute approximate surface area is 180 Å². The molecule has 1 fully saturated rings. The van der Waals surface area contributed by atoms with Crippen molar-refractivity contribution < 1.29 is 14.0 Å². The maximum atomic E-state index is 12.6. The van der Waals surface area contributed by atoms with E-state index in [2.05, 4.69) is 15.5 Å². The monoisotopic (exact) mass is 438 g/mol. The van der Waals surface area contributed by atoms with Crippen molar-refractivity contribution >= 4 is 56.5 Å². The average molecular weight is 439 g/mol. The lowest BCUT2D eigenvalue weighted by Gasteiger charge is -2.15. The molecule has 4 aromatic rings. The number of carbonyl (C=O) groups is 2. The molecule has 0 saturated carbocycles. The minimum atomic E-state index is -0.412. The van der Waals surface area contributed by atoms with E-state index in [9.17, 15) is 9.59 Å². The summed E-state index contributed by atoms with van der Waals surface area (Å²) in [4.78, 5) is 27.1. The Hall–Kier alpha value is -3.23. The Balaban J connectivity index is 1.32. The number of hydrogen-bond donors (Lipinski definition) is 1. The first kappa shape index (κ1) is 18.8. The fourth-order valence-corrected chi connectivity index (χ4v) is 4.91. The van der Waals surface area contributed by atoms with Crippen LogP contribution in [0.25, 0.3) is 10.1 Å². The summed E-state index contributed by atoms with van der Waals surface area (Å²) in [6, 6.07) is 16.9. The third-order valence-electron chi connectivity index (χ3n) is 4.94. The summed E-state index contributed by atoms with van der Waals surface area (Å²) in [6.45, 7) is 0.445. The second-order valence-electron chi connectivity index (χ2n) is 6.88. The summed E-state index contributed by atoms with van der Waals surface area (Å²) in [5.41, 5.74) is 0.831. The summed E-state index contributed by atoms with van der Waals surface area (Å²) < 4.78 is 6.56. The van der Waals surface area contributed by atoms with Gasteiger partial charge in [0.25, 0.3) is 5.91 Å². The van der Waals surface area contributed by atoms with E-state index >= 15 is 0 Å². The molecule has 0 spiro atoms. The topological polar surface area (TPSA) is 88.3 Å². The van der Waals surface area contributed by atoms with E-state index in [1.807, 2.05) is 54.6 Å². The van der Waals surface area contributed by atoms with Crippen LogP contribution in [0.4, 0.5) is 11.7 Å². The van der Waals surface area contributed by atoms with Gasteiger partial charge in [-0.1, -0.05) is 53.1 Å². The second-order valence-corrected chi connectivity index (χ2v) is 8.31. The molecule has 1 aliphatic rings. The number of amides is 2. The van der Waals surface area contributed by atoms with Gasteiger partial charge in [-0.15, -0.1) is 16.4 Å². The molecule has 0 aliphatic carbocycles. The summed E-state index contributed by atoms with van der Waals surface area (Å²) >= 11 is 7.65. The van der Waals surface area contributed by atoms with Crippen molar-refractivity contribution in [1.82, 2.24) is 10.2 Å². The summed E-state index contributed by atoms with van der Waals surface area (Å²) in [6.07, 6.45) is 0.270. The van der Waals surface area contributed by atoms with Gasteiger partial charge in [0.15, 0.2) is 0 Å².